The summed E-state index contributed by atoms with van der Waals surface area (Å²) in [5, 5.41) is 3.21. The maximum absolute atomic E-state index is 11.7. The van der Waals surface area contributed by atoms with Crippen LogP contribution in [0.1, 0.15) is 26.7 Å². The molecule has 1 fully saturated rings. The Labute approximate surface area is 79.0 Å². The van der Waals surface area contributed by atoms with Crippen molar-refractivity contribution in [1.29, 1.82) is 0 Å². The van der Waals surface area contributed by atoms with Gasteiger partial charge >= 0.3 is 0 Å². The molecule has 1 rings (SSSR count). The van der Waals surface area contributed by atoms with Gasteiger partial charge < -0.3 is 5.32 Å². The van der Waals surface area contributed by atoms with Gasteiger partial charge in [0.1, 0.15) is 0 Å². The third-order valence-corrected chi connectivity index (χ3v) is 2.71. The van der Waals surface area contributed by atoms with E-state index in [1.165, 1.54) is 0 Å². The van der Waals surface area contributed by atoms with Crippen molar-refractivity contribution in [1.82, 2.24) is 10.8 Å². The van der Waals surface area contributed by atoms with Crippen LogP contribution in [0.25, 0.3) is 0 Å². The minimum Gasteiger partial charge on any atom is -0.316 e. The topological polar surface area (TPSA) is 50.4 Å². The van der Waals surface area contributed by atoms with Crippen LogP contribution in [0.15, 0.2) is 0 Å². The molecule has 0 radical (unpaired) electrons. The van der Waals surface area contributed by atoms with Crippen LogP contribution in [0.5, 0.6) is 0 Å². The summed E-state index contributed by atoms with van der Waals surface area (Å²) in [5.41, 5.74) is 2.25. The highest BCUT2D eigenvalue weighted by Gasteiger charge is 2.39. The number of carbonyl (C=O) groups excluding carboxylic acids is 1. The molecule has 0 aromatic heterocycles. The van der Waals surface area contributed by atoms with E-state index in [2.05, 4.69) is 10.8 Å². The predicted octanol–water partition coefficient (Wildman–Crippen LogP) is 0.444. The van der Waals surface area contributed by atoms with E-state index in [4.69, 9.17) is 4.84 Å². The fourth-order valence-corrected chi connectivity index (χ4v) is 1.65. The summed E-state index contributed by atoms with van der Waals surface area (Å²) >= 11 is 0. The molecule has 0 spiro atoms. The number of rotatable bonds is 4. The third kappa shape index (κ3) is 2.19. The second kappa shape index (κ2) is 4.58. The molecule has 2 N–H and O–H groups in total. The van der Waals surface area contributed by atoms with Crippen LogP contribution in [0.4, 0.5) is 0 Å². The molecule has 13 heavy (non-hydrogen) atoms. The fourth-order valence-electron chi connectivity index (χ4n) is 1.65. The average Bonchev–Trinajstić information content (AvgIpc) is 2.63. The van der Waals surface area contributed by atoms with Gasteiger partial charge in [0.2, 0.25) is 0 Å². The number of hydrogen-bond acceptors (Lipinski definition) is 3. The van der Waals surface area contributed by atoms with Gasteiger partial charge in [0.05, 0.1) is 12.0 Å². The molecule has 4 heteroatoms. The van der Waals surface area contributed by atoms with E-state index in [1.807, 2.05) is 13.8 Å². The van der Waals surface area contributed by atoms with E-state index >= 15 is 0 Å². The molecule has 0 saturated carbocycles. The molecule has 1 atom stereocenters. The zero-order valence-electron chi connectivity index (χ0n) is 8.35. The third-order valence-electron chi connectivity index (χ3n) is 2.71. The SMILES string of the molecule is CCONC(=O)C1(CC)CCNC1. The minimum absolute atomic E-state index is 0.0156. The standard InChI is InChI=1S/C9H18N2O2/c1-3-9(5-6-10-7-9)8(12)11-13-4-2/h10H,3-7H2,1-2H3,(H,11,12). The lowest BCUT2D eigenvalue weighted by molar-refractivity contribution is -0.143. The van der Waals surface area contributed by atoms with E-state index in [0.29, 0.717) is 6.61 Å². The highest BCUT2D eigenvalue weighted by atomic mass is 16.6. The van der Waals surface area contributed by atoms with E-state index in [0.717, 1.165) is 25.9 Å². The Morgan fingerprint density at radius 2 is 2.38 bits per heavy atom. The molecule has 4 nitrogen and oxygen atoms in total. The van der Waals surface area contributed by atoms with Crippen molar-refractivity contribution in [2.45, 2.75) is 26.7 Å². The van der Waals surface area contributed by atoms with Crippen LogP contribution < -0.4 is 10.8 Å². The van der Waals surface area contributed by atoms with Gasteiger partial charge in [-0.05, 0) is 26.3 Å². The molecule has 0 aromatic rings. The summed E-state index contributed by atoms with van der Waals surface area (Å²) in [7, 11) is 0. The quantitative estimate of drug-likeness (QED) is 0.626. The van der Waals surface area contributed by atoms with Crippen molar-refractivity contribution in [2.75, 3.05) is 19.7 Å². The van der Waals surface area contributed by atoms with E-state index < -0.39 is 0 Å². The first-order valence-corrected chi connectivity index (χ1v) is 4.88. The van der Waals surface area contributed by atoms with Crippen LogP contribution in [-0.4, -0.2) is 25.6 Å². The molecule has 1 aliphatic heterocycles. The summed E-state index contributed by atoms with van der Waals surface area (Å²) in [4.78, 5) is 16.6. The van der Waals surface area contributed by atoms with Gasteiger partial charge in [-0.1, -0.05) is 6.92 Å². The zero-order valence-corrected chi connectivity index (χ0v) is 8.35. The number of nitrogens with one attached hydrogen (secondary N) is 2. The lowest BCUT2D eigenvalue weighted by Crippen LogP contribution is -2.42. The van der Waals surface area contributed by atoms with Gasteiger partial charge in [-0.25, -0.2) is 5.48 Å². The first-order valence-electron chi connectivity index (χ1n) is 4.88. The average molecular weight is 186 g/mol. The largest absolute Gasteiger partial charge is 0.316 e. The molecule has 76 valence electrons. The molecular formula is C9H18N2O2. The van der Waals surface area contributed by atoms with Gasteiger partial charge in [-0.15, -0.1) is 0 Å². The predicted molar refractivity (Wildman–Crippen MR) is 50.0 cm³/mol. The normalized spacial score (nSPS) is 27.5. The van der Waals surface area contributed by atoms with Crippen molar-refractivity contribution in [3.05, 3.63) is 0 Å². The van der Waals surface area contributed by atoms with Crippen molar-refractivity contribution >= 4 is 5.91 Å². The summed E-state index contributed by atoms with van der Waals surface area (Å²) in [6.07, 6.45) is 1.77. The van der Waals surface area contributed by atoms with Gasteiger partial charge in [-0.3, -0.25) is 9.63 Å². The Hall–Kier alpha value is -0.610. The molecule has 1 heterocycles. The number of hydroxylamine groups is 1. The number of carbonyl (C=O) groups is 1. The molecule has 0 aliphatic carbocycles. The summed E-state index contributed by atoms with van der Waals surface area (Å²) in [6.45, 7) is 6.10. The first-order chi connectivity index (χ1) is 6.25. The minimum atomic E-state index is -0.241. The zero-order chi connectivity index (χ0) is 9.73. The lowest BCUT2D eigenvalue weighted by atomic mass is 9.84. The first kappa shape index (κ1) is 10.5. The van der Waals surface area contributed by atoms with Crippen molar-refractivity contribution in [3.8, 4) is 0 Å². The molecule has 1 unspecified atom stereocenters. The van der Waals surface area contributed by atoms with Crippen molar-refractivity contribution in [2.24, 2.45) is 5.41 Å². The molecular weight excluding hydrogens is 168 g/mol. The summed E-state index contributed by atoms with van der Waals surface area (Å²) in [6, 6.07) is 0. The van der Waals surface area contributed by atoms with Crippen LogP contribution in [0.2, 0.25) is 0 Å². The van der Waals surface area contributed by atoms with Crippen molar-refractivity contribution in [3.63, 3.8) is 0 Å². The Morgan fingerprint density at radius 3 is 2.85 bits per heavy atom. The Bertz CT molecular complexity index is 176. The van der Waals surface area contributed by atoms with Crippen LogP contribution in [0, 0.1) is 5.41 Å². The maximum atomic E-state index is 11.7. The van der Waals surface area contributed by atoms with E-state index in [1.54, 1.807) is 0 Å². The van der Waals surface area contributed by atoms with Gasteiger partial charge in [0, 0.05) is 6.54 Å². The van der Waals surface area contributed by atoms with Gasteiger partial charge in [-0.2, -0.15) is 0 Å². The molecule has 1 saturated heterocycles. The van der Waals surface area contributed by atoms with Crippen LogP contribution in [0.3, 0.4) is 0 Å². The monoisotopic (exact) mass is 186 g/mol. The van der Waals surface area contributed by atoms with E-state index in [-0.39, 0.29) is 11.3 Å². The second-order valence-corrected chi connectivity index (χ2v) is 3.42. The highest BCUT2D eigenvalue weighted by Crippen LogP contribution is 2.29. The number of hydrogen-bond donors (Lipinski definition) is 2. The van der Waals surface area contributed by atoms with Crippen LogP contribution >= 0.6 is 0 Å². The maximum Gasteiger partial charge on any atom is 0.251 e. The second-order valence-electron chi connectivity index (χ2n) is 3.42. The molecule has 1 amide bonds. The Morgan fingerprint density at radius 1 is 1.62 bits per heavy atom. The summed E-state index contributed by atoms with van der Waals surface area (Å²) < 4.78 is 0. The molecule has 1 aliphatic rings. The molecule has 0 aromatic carbocycles. The smallest absolute Gasteiger partial charge is 0.251 e. The van der Waals surface area contributed by atoms with Crippen LogP contribution in [-0.2, 0) is 9.63 Å². The van der Waals surface area contributed by atoms with Crippen molar-refractivity contribution < 1.29 is 9.63 Å². The Balaban J connectivity index is 2.49. The highest BCUT2D eigenvalue weighted by molar-refractivity contribution is 5.82. The lowest BCUT2D eigenvalue weighted by Gasteiger charge is -2.24. The fraction of sp³-hybridized carbons (Fsp3) is 0.889. The van der Waals surface area contributed by atoms with E-state index in [9.17, 15) is 4.79 Å². The molecule has 0 bridgehead atoms. The summed E-state index contributed by atoms with van der Waals surface area (Å²) in [5.74, 6) is 0.0156. The van der Waals surface area contributed by atoms with Gasteiger partial charge in [0.15, 0.2) is 0 Å². The number of amides is 1. The Kier molecular flexibility index (Phi) is 3.69. The van der Waals surface area contributed by atoms with Gasteiger partial charge in [0.25, 0.3) is 5.91 Å².